The highest BCUT2D eigenvalue weighted by Gasteiger charge is 2.51. The van der Waals surface area contributed by atoms with E-state index >= 15 is 0 Å². The van der Waals surface area contributed by atoms with E-state index in [0.29, 0.717) is 17.3 Å². The van der Waals surface area contributed by atoms with Gasteiger partial charge < -0.3 is 10.2 Å². The Balaban J connectivity index is 1.87. The summed E-state index contributed by atoms with van der Waals surface area (Å²) in [7, 11) is 0. The van der Waals surface area contributed by atoms with Crippen LogP contribution < -0.4 is 5.32 Å². The quantitative estimate of drug-likeness (QED) is 0.834. The highest BCUT2D eigenvalue weighted by atomic mass is 16.2. The van der Waals surface area contributed by atoms with Crippen LogP contribution in [0.2, 0.25) is 0 Å². The minimum absolute atomic E-state index is 0.0428. The van der Waals surface area contributed by atoms with E-state index in [2.05, 4.69) is 31.0 Å². The molecule has 0 spiro atoms. The fourth-order valence-corrected chi connectivity index (χ4v) is 4.94. The second-order valence-corrected chi connectivity index (χ2v) is 10.4. The molecule has 1 aromatic carbocycles. The normalized spacial score (nSPS) is 27.3. The minimum Gasteiger partial charge on any atom is -0.335 e. The molecule has 2 bridgehead atoms. The van der Waals surface area contributed by atoms with Gasteiger partial charge in [-0.15, -0.1) is 0 Å². The predicted octanol–water partition coefficient (Wildman–Crippen LogP) is 4.71. The van der Waals surface area contributed by atoms with Gasteiger partial charge in [-0.1, -0.05) is 53.7 Å². The van der Waals surface area contributed by atoms with E-state index in [0.717, 1.165) is 25.8 Å². The van der Waals surface area contributed by atoms with Crippen LogP contribution in [-0.2, 0) is 4.79 Å². The van der Waals surface area contributed by atoms with Gasteiger partial charge in [0.25, 0.3) is 5.91 Å². The van der Waals surface area contributed by atoms with Crippen LogP contribution in [0, 0.1) is 16.2 Å². The maximum absolute atomic E-state index is 13.4. The first-order valence-electron chi connectivity index (χ1n) is 9.62. The third-order valence-corrected chi connectivity index (χ3v) is 5.76. The van der Waals surface area contributed by atoms with Crippen molar-refractivity contribution in [2.45, 2.75) is 66.8 Å². The first-order valence-corrected chi connectivity index (χ1v) is 9.62. The second-order valence-electron chi connectivity index (χ2n) is 10.4. The Morgan fingerprint density at radius 3 is 2.42 bits per heavy atom. The lowest BCUT2D eigenvalue weighted by molar-refractivity contribution is -0.123. The number of nitrogens with zero attached hydrogens (tertiary/aromatic N) is 1. The molecular weight excluding hydrogens is 324 g/mol. The van der Waals surface area contributed by atoms with Crippen molar-refractivity contribution in [2.24, 2.45) is 16.2 Å². The van der Waals surface area contributed by atoms with Crippen molar-refractivity contribution in [3.63, 3.8) is 0 Å². The Kier molecular flexibility index (Phi) is 4.45. The van der Waals surface area contributed by atoms with Crippen molar-refractivity contribution < 1.29 is 9.59 Å². The molecule has 1 saturated heterocycles. The maximum Gasteiger partial charge on any atom is 0.256 e. The van der Waals surface area contributed by atoms with Gasteiger partial charge in [-0.3, -0.25) is 9.59 Å². The average molecular weight is 357 g/mol. The number of hydrogen-bond donors (Lipinski definition) is 1. The zero-order chi connectivity index (χ0) is 19.3. The second kappa shape index (κ2) is 6.11. The monoisotopic (exact) mass is 356 g/mol. The summed E-state index contributed by atoms with van der Waals surface area (Å²) in [4.78, 5) is 27.8. The molecule has 0 radical (unpaired) electrons. The molecule has 1 saturated carbocycles. The molecule has 4 nitrogen and oxygen atoms in total. The topological polar surface area (TPSA) is 49.4 Å². The van der Waals surface area contributed by atoms with Crippen molar-refractivity contribution in [3.8, 4) is 0 Å². The van der Waals surface area contributed by atoms with Crippen molar-refractivity contribution in [1.82, 2.24) is 4.90 Å². The van der Waals surface area contributed by atoms with E-state index in [4.69, 9.17) is 0 Å². The molecule has 1 aromatic rings. The van der Waals surface area contributed by atoms with Crippen LogP contribution in [0.3, 0.4) is 0 Å². The molecule has 1 N–H and O–H groups in total. The third kappa shape index (κ3) is 3.65. The van der Waals surface area contributed by atoms with Gasteiger partial charge in [-0.25, -0.2) is 0 Å². The van der Waals surface area contributed by atoms with Crippen LogP contribution in [0.1, 0.15) is 71.2 Å². The number of amides is 2. The largest absolute Gasteiger partial charge is 0.335 e. The van der Waals surface area contributed by atoms with E-state index in [1.54, 1.807) is 0 Å². The van der Waals surface area contributed by atoms with Gasteiger partial charge in [0, 0.05) is 18.0 Å². The Morgan fingerprint density at radius 2 is 1.77 bits per heavy atom. The van der Waals surface area contributed by atoms with E-state index in [-0.39, 0.29) is 22.6 Å². The zero-order valence-electron chi connectivity index (χ0n) is 17.0. The minimum atomic E-state index is -0.502. The van der Waals surface area contributed by atoms with Gasteiger partial charge in [0.15, 0.2) is 0 Å². The van der Waals surface area contributed by atoms with Crippen molar-refractivity contribution in [2.75, 3.05) is 11.9 Å². The molecule has 0 unspecified atom stereocenters. The molecule has 0 aromatic heterocycles. The number of likely N-dealkylation sites (tertiary alicyclic amines) is 1. The number of hydrogen-bond acceptors (Lipinski definition) is 2. The molecule has 1 aliphatic carbocycles. The molecular formula is C22H32N2O2. The summed E-state index contributed by atoms with van der Waals surface area (Å²) in [5.74, 6) is -0.0350. The number of rotatable bonds is 2. The highest BCUT2D eigenvalue weighted by molar-refractivity contribution is 6.05. The van der Waals surface area contributed by atoms with E-state index in [9.17, 15) is 9.59 Å². The molecule has 26 heavy (non-hydrogen) atoms. The molecule has 1 aliphatic heterocycles. The Labute approximate surface area is 157 Å². The fraction of sp³-hybridized carbons (Fsp3) is 0.636. The van der Waals surface area contributed by atoms with Gasteiger partial charge >= 0.3 is 0 Å². The first kappa shape index (κ1) is 18.9. The van der Waals surface area contributed by atoms with Crippen LogP contribution in [0.4, 0.5) is 5.69 Å². The van der Waals surface area contributed by atoms with Gasteiger partial charge in [0.1, 0.15) is 0 Å². The maximum atomic E-state index is 13.4. The van der Waals surface area contributed by atoms with Gasteiger partial charge in [-0.05, 0) is 42.2 Å². The van der Waals surface area contributed by atoms with Crippen LogP contribution in [-0.4, -0.2) is 29.3 Å². The summed E-state index contributed by atoms with van der Waals surface area (Å²) in [5, 5.41) is 2.95. The lowest BCUT2D eigenvalue weighted by Gasteiger charge is -2.39. The zero-order valence-corrected chi connectivity index (χ0v) is 17.0. The lowest BCUT2D eigenvalue weighted by Crippen LogP contribution is -2.38. The summed E-state index contributed by atoms with van der Waals surface area (Å²) >= 11 is 0. The molecule has 142 valence electrons. The molecule has 1 heterocycles. The van der Waals surface area contributed by atoms with Crippen molar-refractivity contribution in [1.29, 1.82) is 0 Å². The molecule has 2 atom stereocenters. The summed E-state index contributed by atoms with van der Waals surface area (Å²) in [6, 6.07) is 7.68. The van der Waals surface area contributed by atoms with E-state index < -0.39 is 5.41 Å². The number of para-hydroxylation sites is 1. The van der Waals surface area contributed by atoms with Crippen molar-refractivity contribution in [3.05, 3.63) is 29.8 Å². The van der Waals surface area contributed by atoms with E-state index in [1.807, 2.05) is 45.0 Å². The smallest absolute Gasteiger partial charge is 0.256 e. The number of nitrogens with one attached hydrogen (secondary N) is 1. The van der Waals surface area contributed by atoms with Gasteiger partial charge in [-0.2, -0.15) is 0 Å². The summed E-state index contributed by atoms with van der Waals surface area (Å²) in [5.41, 5.74) is 1.18. The highest BCUT2D eigenvalue weighted by Crippen LogP contribution is 2.52. The molecule has 3 rings (SSSR count). The fourth-order valence-electron chi connectivity index (χ4n) is 4.94. The number of fused-ring (bicyclic) bond motifs is 2. The van der Waals surface area contributed by atoms with Crippen molar-refractivity contribution >= 4 is 17.5 Å². The van der Waals surface area contributed by atoms with Crippen LogP contribution in [0.5, 0.6) is 0 Å². The van der Waals surface area contributed by atoms with Crippen LogP contribution >= 0.6 is 0 Å². The predicted molar refractivity (Wildman–Crippen MR) is 105 cm³/mol. The summed E-state index contributed by atoms with van der Waals surface area (Å²) < 4.78 is 0. The summed E-state index contributed by atoms with van der Waals surface area (Å²) in [6.07, 6.45) is 3.28. The number of carbonyl (C=O) groups excluding carboxylic acids is 2. The Morgan fingerprint density at radius 1 is 1.12 bits per heavy atom. The first-order chi connectivity index (χ1) is 11.9. The van der Waals surface area contributed by atoms with Gasteiger partial charge in [0.2, 0.25) is 5.91 Å². The molecule has 2 aliphatic rings. The molecule has 2 fully saturated rings. The third-order valence-electron chi connectivity index (χ3n) is 5.76. The number of carbonyl (C=O) groups is 2. The number of benzene rings is 1. The molecule has 4 heteroatoms. The number of anilines is 1. The SMILES string of the molecule is CC1(C)C[C@H]2C[C@@](C)(CN2C(=O)c2ccccc2NC(=O)C(C)(C)C)C1. The average Bonchev–Trinajstić information content (AvgIpc) is 2.75. The van der Waals surface area contributed by atoms with Crippen LogP contribution in [0.15, 0.2) is 24.3 Å². The van der Waals surface area contributed by atoms with Crippen LogP contribution in [0.25, 0.3) is 0 Å². The van der Waals surface area contributed by atoms with Gasteiger partial charge in [0.05, 0.1) is 11.3 Å². The Bertz CT molecular complexity index is 732. The molecule has 2 amide bonds. The lowest BCUT2D eigenvalue weighted by atomic mass is 9.65. The van der Waals surface area contributed by atoms with E-state index in [1.165, 1.54) is 0 Å². The standard InChI is InChI=1S/C22H32N2O2/c1-20(2,3)19(26)23-17-10-8-7-9-16(17)18(25)24-14-22(6)12-15(24)11-21(4,5)13-22/h7-10,15H,11-14H2,1-6H3,(H,23,26)/t15-,22+/m0/s1. The summed E-state index contributed by atoms with van der Waals surface area (Å²) in [6.45, 7) is 13.4. The Hall–Kier alpha value is -1.84.